The number of rotatable bonds is 0. The summed E-state index contributed by atoms with van der Waals surface area (Å²) >= 11 is 3.69. The van der Waals surface area contributed by atoms with Gasteiger partial charge in [-0.15, -0.1) is 0 Å². The number of hydroxylamine groups is 1. The number of halogens is 1. The van der Waals surface area contributed by atoms with Crippen LogP contribution in [0.5, 0.6) is 0 Å². The molecular formula is C11H16BrNO3S. The van der Waals surface area contributed by atoms with E-state index in [4.69, 9.17) is 4.84 Å². The third kappa shape index (κ3) is 0.956. The molecule has 2 heterocycles. The number of hydrogen-bond donors (Lipinski definition) is 0. The van der Waals surface area contributed by atoms with Crippen LogP contribution in [0.15, 0.2) is 0 Å². The highest BCUT2D eigenvalue weighted by molar-refractivity contribution is 9.09. The average molecular weight is 322 g/mol. The van der Waals surface area contributed by atoms with Crippen LogP contribution in [-0.4, -0.2) is 29.2 Å². The first-order valence-corrected chi connectivity index (χ1v) is 8.65. The van der Waals surface area contributed by atoms with Crippen molar-refractivity contribution in [2.75, 3.05) is 5.75 Å². The average Bonchev–Trinajstić information content (AvgIpc) is 2.81. The van der Waals surface area contributed by atoms with Gasteiger partial charge in [-0.25, -0.2) is 8.42 Å². The van der Waals surface area contributed by atoms with E-state index in [9.17, 15) is 8.42 Å². The highest BCUT2D eigenvalue weighted by Crippen LogP contribution is 2.77. The summed E-state index contributed by atoms with van der Waals surface area (Å²) in [4.78, 5) is 5.71. The molecule has 5 unspecified atom stereocenters. The maximum atomic E-state index is 12.1. The van der Waals surface area contributed by atoms with E-state index in [1.807, 2.05) is 0 Å². The molecular weight excluding hydrogens is 306 g/mol. The summed E-state index contributed by atoms with van der Waals surface area (Å²) in [5.41, 5.74) is -0.485. The fourth-order valence-corrected chi connectivity index (χ4v) is 8.70. The van der Waals surface area contributed by atoms with Gasteiger partial charge in [0.1, 0.15) is 0 Å². The maximum absolute atomic E-state index is 12.1. The number of hydrogen-bond acceptors (Lipinski definition) is 3. The molecule has 0 aromatic rings. The predicted molar refractivity (Wildman–Crippen MR) is 65.7 cm³/mol. The van der Waals surface area contributed by atoms with Crippen molar-refractivity contribution in [2.45, 2.75) is 43.7 Å². The van der Waals surface area contributed by atoms with Crippen LogP contribution in [0.2, 0.25) is 0 Å². The van der Waals surface area contributed by atoms with Crippen LogP contribution < -0.4 is 0 Å². The third-order valence-electron chi connectivity index (χ3n) is 5.49. The Morgan fingerprint density at radius 3 is 2.65 bits per heavy atom. The Kier molecular flexibility index (Phi) is 1.73. The van der Waals surface area contributed by atoms with Crippen LogP contribution in [0, 0.1) is 16.7 Å². The predicted octanol–water partition coefficient (Wildman–Crippen LogP) is 1.86. The second-order valence-corrected chi connectivity index (χ2v) is 9.57. The molecule has 4 rings (SSSR count). The van der Waals surface area contributed by atoms with Gasteiger partial charge in [-0.05, 0) is 35.1 Å². The molecule has 17 heavy (non-hydrogen) atoms. The molecule has 2 spiro atoms. The summed E-state index contributed by atoms with van der Waals surface area (Å²) in [7, 11) is -3.18. The van der Waals surface area contributed by atoms with Crippen LogP contribution in [0.25, 0.3) is 0 Å². The van der Waals surface area contributed by atoms with Crippen molar-refractivity contribution < 1.29 is 13.3 Å². The molecule has 0 bridgehead atoms. The summed E-state index contributed by atoms with van der Waals surface area (Å²) < 4.78 is 25.5. The summed E-state index contributed by atoms with van der Waals surface area (Å²) in [5.74, 6) is 0.766. The van der Waals surface area contributed by atoms with Gasteiger partial charge in [0, 0.05) is 5.41 Å². The minimum absolute atomic E-state index is 0.124. The maximum Gasteiger partial charge on any atom is 0.239 e. The van der Waals surface area contributed by atoms with Crippen LogP contribution in [-0.2, 0) is 14.9 Å². The van der Waals surface area contributed by atoms with Crippen molar-refractivity contribution >= 4 is 26.0 Å². The number of alkyl halides is 1. The highest BCUT2D eigenvalue weighted by atomic mass is 79.9. The first-order valence-electron chi connectivity index (χ1n) is 6.13. The largest absolute Gasteiger partial charge is 0.254 e. The lowest BCUT2D eigenvalue weighted by molar-refractivity contribution is -0.128. The van der Waals surface area contributed by atoms with Gasteiger partial charge in [-0.1, -0.05) is 29.8 Å². The molecule has 4 aliphatic rings. The summed E-state index contributed by atoms with van der Waals surface area (Å²) in [6.07, 6.45) is 3.10. The lowest BCUT2D eigenvalue weighted by Gasteiger charge is -2.61. The second-order valence-electron chi connectivity index (χ2n) is 6.68. The van der Waals surface area contributed by atoms with Gasteiger partial charge in [0.25, 0.3) is 0 Å². The van der Waals surface area contributed by atoms with Crippen molar-refractivity contribution in [2.24, 2.45) is 16.7 Å². The van der Waals surface area contributed by atoms with E-state index in [0.717, 1.165) is 19.3 Å². The van der Waals surface area contributed by atoms with Gasteiger partial charge in [0.15, 0.2) is 0 Å². The summed E-state index contributed by atoms with van der Waals surface area (Å²) in [6.45, 7) is 4.52. The van der Waals surface area contributed by atoms with E-state index in [1.54, 1.807) is 0 Å². The molecule has 4 nitrogen and oxygen atoms in total. The van der Waals surface area contributed by atoms with E-state index in [2.05, 4.69) is 29.8 Å². The van der Waals surface area contributed by atoms with Crippen LogP contribution in [0.3, 0.4) is 0 Å². The molecule has 0 N–H and O–H groups in total. The Hall–Kier alpha value is 0.350. The van der Waals surface area contributed by atoms with Gasteiger partial charge in [-0.3, -0.25) is 4.84 Å². The minimum atomic E-state index is -3.18. The molecule has 96 valence electrons. The quantitative estimate of drug-likeness (QED) is 0.505. The minimum Gasteiger partial charge on any atom is -0.254 e. The molecule has 0 aromatic heterocycles. The van der Waals surface area contributed by atoms with Gasteiger partial charge < -0.3 is 0 Å². The Morgan fingerprint density at radius 2 is 2.12 bits per heavy atom. The standard InChI is InChI=1S/C11H16BrNO3S/c1-9(2)5-8(12)11-10(4-3-7(9)10)6-17(14,15)13(11)16-11/h7-8H,3-6H2,1-2H3. The Balaban J connectivity index is 1.90. The molecule has 6 heteroatoms. The SMILES string of the molecule is CC1(C)CC(Br)C23ON2S(=O)(=O)CC32CCC12. The van der Waals surface area contributed by atoms with E-state index < -0.39 is 15.7 Å². The van der Waals surface area contributed by atoms with Crippen molar-refractivity contribution in [1.29, 1.82) is 0 Å². The first-order chi connectivity index (χ1) is 7.76. The Morgan fingerprint density at radius 1 is 1.41 bits per heavy atom. The van der Waals surface area contributed by atoms with Gasteiger partial charge in [-0.2, -0.15) is 0 Å². The third-order valence-corrected chi connectivity index (χ3v) is 8.16. The smallest absolute Gasteiger partial charge is 0.239 e. The Bertz CT molecular complexity index is 519. The summed E-state index contributed by atoms with van der Waals surface area (Å²) in [5, 5.41) is 0. The molecule has 0 aromatic carbocycles. The van der Waals surface area contributed by atoms with Crippen LogP contribution >= 0.6 is 15.9 Å². The van der Waals surface area contributed by atoms with Gasteiger partial charge in [0.05, 0.1) is 10.6 Å². The molecule has 5 atom stereocenters. The normalized spacial score (nSPS) is 60.8. The zero-order valence-corrected chi connectivity index (χ0v) is 12.3. The van der Waals surface area contributed by atoms with Crippen LogP contribution in [0.4, 0.5) is 0 Å². The van der Waals surface area contributed by atoms with Crippen molar-refractivity contribution in [3.8, 4) is 0 Å². The summed E-state index contributed by atoms with van der Waals surface area (Å²) in [6, 6.07) is 0. The number of sulfonamides is 1. The highest BCUT2D eigenvalue weighted by Gasteiger charge is 2.88. The lowest BCUT2D eigenvalue weighted by atomic mass is 9.44. The number of nitrogens with zero attached hydrogens (tertiary/aromatic N) is 1. The Labute approximate surface area is 110 Å². The van der Waals surface area contributed by atoms with Crippen LogP contribution in [0.1, 0.15) is 33.1 Å². The van der Waals surface area contributed by atoms with E-state index in [1.165, 1.54) is 4.47 Å². The molecule has 0 radical (unpaired) electrons. The lowest BCUT2D eigenvalue weighted by Crippen LogP contribution is -2.64. The molecule has 2 aliphatic carbocycles. The zero-order valence-electron chi connectivity index (χ0n) is 9.94. The van der Waals surface area contributed by atoms with Gasteiger partial charge in [0.2, 0.25) is 15.7 Å². The fourth-order valence-electron chi connectivity index (χ4n) is 4.73. The molecule has 4 fully saturated rings. The monoisotopic (exact) mass is 321 g/mol. The molecule has 0 amide bonds. The molecule has 2 saturated carbocycles. The molecule has 2 saturated heterocycles. The topological polar surface area (TPSA) is 49.7 Å². The fraction of sp³-hybridized carbons (Fsp3) is 1.00. The second kappa shape index (κ2) is 2.62. The van der Waals surface area contributed by atoms with Crippen molar-refractivity contribution in [3.63, 3.8) is 0 Å². The first kappa shape index (κ1) is 11.2. The van der Waals surface area contributed by atoms with E-state index >= 15 is 0 Å². The van der Waals surface area contributed by atoms with E-state index in [0.29, 0.717) is 5.92 Å². The van der Waals surface area contributed by atoms with Crippen molar-refractivity contribution in [3.05, 3.63) is 0 Å². The van der Waals surface area contributed by atoms with Crippen molar-refractivity contribution in [1.82, 2.24) is 4.47 Å². The van der Waals surface area contributed by atoms with Gasteiger partial charge >= 0.3 is 0 Å². The van der Waals surface area contributed by atoms with E-state index in [-0.39, 0.29) is 21.4 Å². The molecule has 2 aliphatic heterocycles. The zero-order chi connectivity index (χ0) is 12.3.